The van der Waals surface area contributed by atoms with Crippen molar-refractivity contribution < 1.29 is 14.3 Å². The minimum atomic E-state index is -0.680. The van der Waals surface area contributed by atoms with Gasteiger partial charge in [-0.1, -0.05) is 37.0 Å². The highest BCUT2D eigenvalue weighted by atomic mass is 35.5. The van der Waals surface area contributed by atoms with Gasteiger partial charge in [0.2, 0.25) is 5.91 Å². The maximum Gasteiger partial charge on any atom is 0.328 e. The Morgan fingerprint density at radius 3 is 2.35 bits per heavy atom. The van der Waals surface area contributed by atoms with Gasteiger partial charge in [-0.3, -0.25) is 4.79 Å². The zero-order valence-corrected chi connectivity index (χ0v) is 15.2. The van der Waals surface area contributed by atoms with Crippen molar-refractivity contribution >= 4 is 40.8 Å². The van der Waals surface area contributed by atoms with Crippen molar-refractivity contribution in [3.8, 4) is 0 Å². The number of amides is 1. The van der Waals surface area contributed by atoms with Crippen LogP contribution in [0.3, 0.4) is 0 Å². The largest absolute Gasteiger partial charge is 0.464 e. The van der Waals surface area contributed by atoms with Gasteiger partial charge >= 0.3 is 5.97 Å². The Balaban J connectivity index is 2.71. The Hall–Kier alpha value is -1.46. The normalized spacial score (nSPS) is 13.3. The number of esters is 1. The first kappa shape index (κ1) is 19.6. The lowest BCUT2D eigenvalue weighted by Crippen LogP contribution is -2.49. The van der Waals surface area contributed by atoms with E-state index in [-0.39, 0.29) is 18.4 Å². The monoisotopic (exact) mass is 360 g/mol. The van der Waals surface area contributed by atoms with E-state index >= 15 is 0 Å². The molecule has 23 heavy (non-hydrogen) atoms. The Kier molecular flexibility index (Phi) is 7.65. The highest BCUT2D eigenvalue weighted by molar-refractivity contribution is 6.42. The minimum Gasteiger partial charge on any atom is -0.464 e. The fourth-order valence-electron chi connectivity index (χ4n) is 1.91. The van der Waals surface area contributed by atoms with E-state index in [1.54, 1.807) is 32.0 Å². The number of halogens is 2. The molecule has 1 unspecified atom stereocenters. The fraction of sp³-hybridized carbons (Fsp3) is 0.500. The summed E-state index contributed by atoms with van der Waals surface area (Å²) in [4.78, 5) is 24.2. The van der Waals surface area contributed by atoms with Crippen LogP contribution in [-0.4, -0.2) is 30.6 Å². The Morgan fingerprint density at radius 1 is 1.17 bits per heavy atom. The summed E-state index contributed by atoms with van der Waals surface area (Å²) in [5.74, 6) is -0.810. The second-order valence-electron chi connectivity index (χ2n) is 5.48. The van der Waals surface area contributed by atoms with Crippen LogP contribution in [0.2, 0.25) is 10.0 Å². The van der Waals surface area contributed by atoms with Crippen LogP contribution in [0, 0.1) is 5.92 Å². The number of hydrogen-bond donors (Lipinski definition) is 2. The van der Waals surface area contributed by atoms with Crippen LogP contribution in [0.25, 0.3) is 0 Å². The van der Waals surface area contributed by atoms with Crippen molar-refractivity contribution in [3.05, 3.63) is 28.2 Å². The first-order chi connectivity index (χ1) is 10.8. The van der Waals surface area contributed by atoms with Crippen LogP contribution in [0.4, 0.5) is 5.69 Å². The number of ether oxygens (including phenoxy) is 1. The molecule has 0 saturated heterocycles. The van der Waals surface area contributed by atoms with Crippen LogP contribution in [0.5, 0.6) is 0 Å². The zero-order valence-electron chi connectivity index (χ0n) is 13.7. The molecular weight excluding hydrogens is 339 g/mol. The van der Waals surface area contributed by atoms with E-state index in [2.05, 4.69) is 10.6 Å². The maximum atomic E-state index is 12.3. The van der Waals surface area contributed by atoms with Gasteiger partial charge in [-0.25, -0.2) is 4.79 Å². The smallest absolute Gasteiger partial charge is 0.328 e. The second kappa shape index (κ2) is 8.99. The molecular formula is C16H22Cl2N2O3. The summed E-state index contributed by atoms with van der Waals surface area (Å²) in [6.45, 7) is 7.39. The van der Waals surface area contributed by atoms with Crippen LogP contribution >= 0.6 is 23.2 Å². The number of anilines is 1. The van der Waals surface area contributed by atoms with E-state index in [1.807, 2.05) is 13.8 Å². The first-order valence-electron chi connectivity index (χ1n) is 7.44. The molecule has 0 bridgehead atoms. The van der Waals surface area contributed by atoms with Crippen molar-refractivity contribution in [1.29, 1.82) is 0 Å². The van der Waals surface area contributed by atoms with Crippen molar-refractivity contribution in [1.82, 2.24) is 5.32 Å². The lowest BCUT2D eigenvalue weighted by molar-refractivity contribution is -0.148. The van der Waals surface area contributed by atoms with Gasteiger partial charge in [0.25, 0.3) is 0 Å². The number of carbonyl (C=O) groups is 2. The summed E-state index contributed by atoms with van der Waals surface area (Å²) in [6.07, 6.45) is 0. The summed E-state index contributed by atoms with van der Waals surface area (Å²) < 4.78 is 4.99. The summed E-state index contributed by atoms with van der Waals surface area (Å²) in [6, 6.07) is 3.78. The average molecular weight is 361 g/mol. The Bertz CT molecular complexity index is 564. The third kappa shape index (κ3) is 5.92. The van der Waals surface area contributed by atoms with E-state index in [1.165, 1.54) is 0 Å². The number of carbonyl (C=O) groups excluding carboxylic acids is 2. The standard InChI is InChI=1S/C16H22Cl2N2O3/c1-5-23-16(22)14(9(2)3)20-15(21)10(4)19-11-6-7-12(17)13(18)8-11/h6-10,14,19H,5H2,1-4H3,(H,20,21)/t10?,14-/m0/s1. The molecule has 7 heteroatoms. The predicted octanol–water partition coefficient (Wildman–Crippen LogP) is 3.50. The molecule has 1 aromatic carbocycles. The van der Waals surface area contributed by atoms with Crippen molar-refractivity contribution in [3.63, 3.8) is 0 Å². The van der Waals surface area contributed by atoms with Gasteiger partial charge in [-0.05, 0) is 38.0 Å². The van der Waals surface area contributed by atoms with E-state index < -0.39 is 18.1 Å². The molecule has 0 aromatic heterocycles. The van der Waals surface area contributed by atoms with Gasteiger partial charge in [0, 0.05) is 5.69 Å². The molecule has 0 aliphatic rings. The molecule has 0 saturated carbocycles. The van der Waals surface area contributed by atoms with Crippen LogP contribution < -0.4 is 10.6 Å². The number of nitrogens with one attached hydrogen (secondary N) is 2. The summed E-state index contributed by atoms with van der Waals surface area (Å²) >= 11 is 11.8. The highest BCUT2D eigenvalue weighted by Crippen LogP contribution is 2.25. The van der Waals surface area contributed by atoms with Crippen LogP contribution in [0.1, 0.15) is 27.7 Å². The molecule has 1 amide bonds. The summed E-state index contributed by atoms with van der Waals surface area (Å²) in [5.41, 5.74) is 0.666. The Morgan fingerprint density at radius 2 is 1.83 bits per heavy atom. The number of benzene rings is 1. The third-order valence-electron chi connectivity index (χ3n) is 3.20. The van der Waals surface area contributed by atoms with E-state index in [0.717, 1.165) is 0 Å². The molecule has 1 rings (SSSR count). The van der Waals surface area contributed by atoms with Crippen molar-refractivity contribution in [2.45, 2.75) is 39.8 Å². The number of hydrogen-bond acceptors (Lipinski definition) is 4. The molecule has 1 aromatic rings. The summed E-state index contributed by atoms with van der Waals surface area (Å²) in [5, 5.41) is 6.57. The summed E-state index contributed by atoms with van der Waals surface area (Å²) in [7, 11) is 0. The quantitative estimate of drug-likeness (QED) is 0.730. The lowest BCUT2D eigenvalue weighted by atomic mass is 10.0. The zero-order chi connectivity index (χ0) is 17.6. The average Bonchev–Trinajstić information content (AvgIpc) is 2.48. The third-order valence-corrected chi connectivity index (χ3v) is 3.94. The molecule has 2 atom stereocenters. The molecule has 0 radical (unpaired) electrons. The molecule has 0 aliphatic carbocycles. The maximum absolute atomic E-state index is 12.3. The predicted molar refractivity (Wildman–Crippen MR) is 92.9 cm³/mol. The van der Waals surface area contributed by atoms with Crippen LogP contribution in [-0.2, 0) is 14.3 Å². The van der Waals surface area contributed by atoms with E-state index in [4.69, 9.17) is 27.9 Å². The van der Waals surface area contributed by atoms with Gasteiger partial charge in [0.15, 0.2) is 0 Å². The lowest BCUT2D eigenvalue weighted by Gasteiger charge is -2.23. The molecule has 0 aliphatic heterocycles. The highest BCUT2D eigenvalue weighted by Gasteiger charge is 2.27. The van der Waals surface area contributed by atoms with E-state index in [9.17, 15) is 9.59 Å². The molecule has 0 heterocycles. The van der Waals surface area contributed by atoms with Crippen molar-refractivity contribution in [2.24, 2.45) is 5.92 Å². The Labute approximate surface area is 146 Å². The van der Waals surface area contributed by atoms with Gasteiger partial charge in [0.1, 0.15) is 12.1 Å². The van der Waals surface area contributed by atoms with Crippen molar-refractivity contribution in [2.75, 3.05) is 11.9 Å². The van der Waals surface area contributed by atoms with E-state index in [0.29, 0.717) is 15.7 Å². The molecule has 5 nitrogen and oxygen atoms in total. The fourth-order valence-corrected chi connectivity index (χ4v) is 2.21. The molecule has 2 N–H and O–H groups in total. The van der Waals surface area contributed by atoms with Gasteiger partial charge in [-0.2, -0.15) is 0 Å². The minimum absolute atomic E-state index is 0.0739. The van der Waals surface area contributed by atoms with Crippen LogP contribution in [0.15, 0.2) is 18.2 Å². The molecule has 128 valence electrons. The van der Waals surface area contributed by atoms with Gasteiger partial charge in [-0.15, -0.1) is 0 Å². The topological polar surface area (TPSA) is 67.4 Å². The molecule has 0 spiro atoms. The first-order valence-corrected chi connectivity index (χ1v) is 8.20. The number of rotatable bonds is 7. The molecule has 0 fully saturated rings. The SMILES string of the molecule is CCOC(=O)[C@@H](NC(=O)C(C)Nc1ccc(Cl)c(Cl)c1)C(C)C. The van der Waals surface area contributed by atoms with Gasteiger partial charge < -0.3 is 15.4 Å². The van der Waals surface area contributed by atoms with Gasteiger partial charge in [0.05, 0.1) is 16.7 Å². The second-order valence-corrected chi connectivity index (χ2v) is 6.29.